The minimum atomic E-state index is 0.637. The van der Waals surface area contributed by atoms with E-state index in [9.17, 15) is 0 Å². The predicted molar refractivity (Wildman–Crippen MR) is 81.3 cm³/mol. The van der Waals surface area contributed by atoms with Gasteiger partial charge in [-0.1, -0.05) is 67.6 Å². The van der Waals surface area contributed by atoms with E-state index in [1.807, 2.05) is 0 Å². The topological polar surface area (TPSA) is 16.6 Å². The Morgan fingerprint density at radius 1 is 0.895 bits per heavy atom. The first-order valence-electron chi connectivity index (χ1n) is 7.27. The van der Waals surface area contributed by atoms with Crippen LogP contribution in [0.1, 0.15) is 30.4 Å². The van der Waals surface area contributed by atoms with Crippen molar-refractivity contribution in [1.82, 2.24) is 0 Å². The lowest BCUT2D eigenvalue weighted by Crippen LogP contribution is -2.85. The summed E-state index contributed by atoms with van der Waals surface area (Å²) in [5, 5.41) is 2.45. The minimum absolute atomic E-state index is 0.637. The zero-order chi connectivity index (χ0) is 13.3. The first kappa shape index (κ1) is 13.8. The second kappa shape index (κ2) is 7.75. The van der Waals surface area contributed by atoms with E-state index in [2.05, 4.69) is 72.9 Å². The van der Waals surface area contributed by atoms with Crippen molar-refractivity contribution in [2.24, 2.45) is 0 Å². The van der Waals surface area contributed by atoms with Crippen molar-refractivity contribution >= 4 is 0 Å². The molecule has 0 fully saturated rings. The highest BCUT2D eigenvalue weighted by Crippen LogP contribution is 2.11. The Kier molecular flexibility index (Phi) is 5.64. The molecule has 0 saturated carbocycles. The maximum Gasteiger partial charge on any atom is 0.0822 e. The Bertz CT molecular complexity index is 450. The van der Waals surface area contributed by atoms with Gasteiger partial charge in [0.2, 0.25) is 0 Å². The summed E-state index contributed by atoms with van der Waals surface area (Å²) >= 11 is 0. The molecule has 0 saturated heterocycles. The van der Waals surface area contributed by atoms with Gasteiger partial charge < -0.3 is 5.32 Å². The molecule has 0 aliphatic rings. The summed E-state index contributed by atoms with van der Waals surface area (Å²) in [6.07, 6.45) is 2.45. The van der Waals surface area contributed by atoms with Crippen LogP contribution in [0.4, 0.5) is 0 Å². The van der Waals surface area contributed by atoms with Crippen LogP contribution in [0.3, 0.4) is 0 Å². The van der Waals surface area contributed by atoms with Gasteiger partial charge in [0.15, 0.2) is 0 Å². The highest BCUT2D eigenvalue weighted by molar-refractivity contribution is 5.18. The van der Waals surface area contributed by atoms with Gasteiger partial charge in [-0.2, -0.15) is 0 Å². The van der Waals surface area contributed by atoms with Gasteiger partial charge in [0, 0.05) is 12.3 Å². The van der Waals surface area contributed by atoms with E-state index in [4.69, 9.17) is 0 Å². The molecule has 2 aromatic rings. The smallest absolute Gasteiger partial charge is 0.0822 e. The second-order valence-electron chi connectivity index (χ2n) is 5.21. The monoisotopic (exact) mass is 254 g/mol. The molecule has 1 nitrogen and oxygen atoms in total. The van der Waals surface area contributed by atoms with Gasteiger partial charge in [-0.3, -0.25) is 0 Å². The van der Waals surface area contributed by atoms with Gasteiger partial charge >= 0.3 is 0 Å². The van der Waals surface area contributed by atoms with Gasteiger partial charge in [0.25, 0.3) is 0 Å². The Balaban J connectivity index is 1.62. The summed E-state index contributed by atoms with van der Waals surface area (Å²) in [4.78, 5) is 0. The first-order chi connectivity index (χ1) is 9.36. The highest BCUT2D eigenvalue weighted by atomic mass is 14.8. The molecule has 2 rings (SSSR count). The first-order valence-corrected chi connectivity index (χ1v) is 7.27. The van der Waals surface area contributed by atoms with E-state index in [0.717, 1.165) is 0 Å². The molecule has 100 valence electrons. The molecule has 1 atom stereocenters. The van der Waals surface area contributed by atoms with Crippen LogP contribution >= 0.6 is 0 Å². The molecule has 2 N–H and O–H groups in total. The third kappa shape index (κ3) is 4.88. The number of benzene rings is 2. The molecule has 0 radical (unpaired) electrons. The number of rotatable bonds is 7. The van der Waals surface area contributed by atoms with E-state index in [1.54, 1.807) is 0 Å². The molecule has 19 heavy (non-hydrogen) atoms. The summed E-state index contributed by atoms with van der Waals surface area (Å²) in [6.45, 7) is 4.70. The summed E-state index contributed by atoms with van der Waals surface area (Å²) in [7, 11) is 0. The van der Waals surface area contributed by atoms with Crippen molar-refractivity contribution in [2.45, 2.75) is 25.7 Å². The molecule has 0 aromatic heterocycles. The van der Waals surface area contributed by atoms with Crippen molar-refractivity contribution in [3.63, 3.8) is 0 Å². The van der Waals surface area contributed by atoms with Crippen LogP contribution in [0, 0.1) is 0 Å². The fraction of sp³-hybridized carbons (Fsp3) is 0.333. The number of nitrogens with two attached hydrogens (primary N) is 1. The van der Waals surface area contributed by atoms with E-state index < -0.39 is 0 Å². The molecule has 0 aliphatic heterocycles. The molecule has 2 aromatic carbocycles. The lowest BCUT2D eigenvalue weighted by Gasteiger charge is -2.10. The predicted octanol–water partition coefficient (Wildman–Crippen LogP) is 2.99. The van der Waals surface area contributed by atoms with Crippen molar-refractivity contribution in [2.75, 3.05) is 13.1 Å². The fourth-order valence-corrected chi connectivity index (χ4v) is 2.38. The number of aryl methyl sites for hydroxylation is 1. The Labute approximate surface area is 116 Å². The van der Waals surface area contributed by atoms with Gasteiger partial charge in [-0.25, -0.2) is 0 Å². The van der Waals surface area contributed by atoms with Crippen LogP contribution in [-0.2, 0) is 6.42 Å². The maximum absolute atomic E-state index is 2.45. The lowest BCUT2D eigenvalue weighted by molar-refractivity contribution is -0.657. The summed E-state index contributed by atoms with van der Waals surface area (Å²) in [6, 6.07) is 21.5. The second-order valence-corrected chi connectivity index (χ2v) is 5.21. The average Bonchev–Trinajstić information content (AvgIpc) is 2.49. The van der Waals surface area contributed by atoms with Crippen LogP contribution in [0.15, 0.2) is 60.7 Å². The van der Waals surface area contributed by atoms with Crippen molar-refractivity contribution in [1.29, 1.82) is 0 Å². The zero-order valence-electron chi connectivity index (χ0n) is 11.8. The van der Waals surface area contributed by atoms with E-state index in [-0.39, 0.29) is 0 Å². The lowest BCUT2D eigenvalue weighted by atomic mass is 10.0. The third-order valence-electron chi connectivity index (χ3n) is 3.61. The number of hydrogen-bond acceptors (Lipinski definition) is 0. The molecular formula is C18H24N+. The van der Waals surface area contributed by atoms with Crippen molar-refractivity contribution < 1.29 is 5.32 Å². The molecule has 0 aliphatic carbocycles. The van der Waals surface area contributed by atoms with Crippen LogP contribution in [0.5, 0.6) is 0 Å². The average molecular weight is 254 g/mol. The fourth-order valence-electron chi connectivity index (χ4n) is 2.38. The number of quaternary nitrogens is 1. The molecular weight excluding hydrogens is 230 g/mol. The van der Waals surface area contributed by atoms with E-state index >= 15 is 0 Å². The molecule has 0 bridgehead atoms. The largest absolute Gasteiger partial charge is 0.346 e. The zero-order valence-corrected chi connectivity index (χ0v) is 11.8. The van der Waals surface area contributed by atoms with E-state index in [1.165, 1.54) is 37.1 Å². The molecule has 1 heteroatoms. The maximum atomic E-state index is 2.45. The summed E-state index contributed by atoms with van der Waals surface area (Å²) in [5.41, 5.74) is 2.90. The molecule has 0 spiro atoms. The SMILES string of the molecule is C[C@@H](C[NH2+]CCCc1ccccc1)c1ccccc1. The van der Waals surface area contributed by atoms with Crippen LogP contribution in [0.2, 0.25) is 0 Å². The van der Waals surface area contributed by atoms with Gasteiger partial charge in [-0.15, -0.1) is 0 Å². The summed E-state index contributed by atoms with van der Waals surface area (Å²) in [5.74, 6) is 0.637. The highest BCUT2D eigenvalue weighted by Gasteiger charge is 2.06. The normalized spacial score (nSPS) is 12.3. The molecule has 0 unspecified atom stereocenters. The van der Waals surface area contributed by atoms with Gasteiger partial charge in [0.1, 0.15) is 0 Å². The van der Waals surface area contributed by atoms with Crippen LogP contribution < -0.4 is 5.32 Å². The van der Waals surface area contributed by atoms with Crippen molar-refractivity contribution in [3.05, 3.63) is 71.8 Å². The van der Waals surface area contributed by atoms with Gasteiger partial charge in [0.05, 0.1) is 13.1 Å². The summed E-state index contributed by atoms with van der Waals surface area (Å²) < 4.78 is 0. The minimum Gasteiger partial charge on any atom is -0.346 e. The van der Waals surface area contributed by atoms with Gasteiger partial charge in [-0.05, 0) is 17.5 Å². The Morgan fingerprint density at radius 2 is 1.53 bits per heavy atom. The Morgan fingerprint density at radius 3 is 2.21 bits per heavy atom. The quantitative estimate of drug-likeness (QED) is 0.732. The van der Waals surface area contributed by atoms with Crippen LogP contribution in [0.25, 0.3) is 0 Å². The third-order valence-corrected chi connectivity index (χ3v) is 3.61. The standard InChI is InChI=1S/C18H23N/c1-16(18-12-6-3-7-13-18)15-19-14-8-11-17-9-4-2-5-10-17/h2-7,9-10,12-13,16,19H,8,11,14-15H2,1H3/p+1/t16-/m0/s1. The molecule has 0 heterocycles. The Hall–Kier alpha value is -1.60. The van der Waals surface area contributed by atoms with Crippen molar-refractivity contribution in [3.8, 4) is 0 Å². The molecule has 0 amide bonds. The number of hydrogen-bond donors (Lipinski definition) is 1. The van der Waals surface area contributed by atoms with Crippen LogP contribution in [-0.4, -0.2) is 13.1 Å². The van der Waals surface area contributed by atoms with E-state index in [0.29, 0.717) is 5.92 Å².